The maximum atomic E-state index is 9.28. The fourth-order valence-corrected chi connectivity index (χ4v) is 2.62. The molecule has 2 aromatic heterocycles. The molecule has 0 spiro atoms. The number of aliphatic hydroxyl groups is 1. The van der Waals surface area contributed by atoms with Crippen molar-refractivity contribution in [1.82, 2.24) is 19.5 Å². The molecule has 0 unspecified atom stereocenters. The number of halogens is 1. The van der Waals surface area contributed by atoms with Crippen LogP contribution in [0.2, 0.25) is 0 Å². The van der Waals surface area contributed by atoms with Crippen molar-refractivity contribution in [3.8, 4) is 0 Å². The normalized spacial score (nSPS) is 31.0. The van der Waals surface area contributed by atoms with E-state index in [0.29, 0.717) is 11.2 Å². The van der Waals surface area contributed by atoms with Crippen LogP contribution >= 0.6 is 12.4 Å². The molecule has 0 radical (unpaired) electrons. The Bertz CT molecular complexity index is 858. The minimum absolute atomic E-state index is 0. The Balaban J connectivity index is 0.00000196. The molecular formula is C14H19ClN6O. The first-order chi connectivity index (χ1) is 11.8. The summed E-state index contributed by atoms with van der Waals surface area (Å²) in [5.74, 6) is 0.307. The molecule has 22 heavy (non-hydrogen) atoms. The molecule has 4 N–H and O–H groups in total. The largest absolute Gasteiger partial charge is 0.396 e. The Hall–Kier alpha value is -1.86. The minimum atomic E-state index is -1.98. The molecule has 1 fully saturated rings. The number of hydrogen-bond acceptors (Lipinski definition) is 6. The number of allylic oxidation sites excluding steroid dienone is 1. The number of aliphatic hydroxyl groups excluding tert-OH is 1. The predicted molar refractivity (Wildman–Crippen MR) is 87.0 cm³/mol. The number of nitrogens with zero attached hydrogens (tertiary/aromatic N) is 4. The van der Waals surface area contributed by atoms with Crippen molar-refractivity contribution in [1.29, 1.82) is 0 Å². The molecule has 2 atom stereocenters. The number of hydrogen-bond donors (Lipinski definition) is 3. The quantitative estimate of drug-likeness (QED) is 0.736. The molecule has 4 rings (SSSR count). The number of nitrogens with one attached hydrogen (secondary N) is 1. The van der Waals surface area contributed by atoms with Crippen LogP contribution in [-0.4, -0.2) is 37.3 Å². The van der Waals surface area contributed by atoms with E-state index in [1.807, 2.05) is 16.7 Å². The van der Waals surface area contributed by atoms with Crippen LogP contribution < -0.4 is 11.1 Å². The fourth-order valence-electron chi connectivity index (χ4n) is 2.62. The molecule has 1 saturated carbocycles. The average Bonchev–Trinajstić information content (AvgIpc) is 3.03. The van der Waals surface area contributed by atoms with Crippen molar-refractivity contribution < 1.29 is 10.6 Å². The molecule has 8 heteroatoms. The minimum Gasteiger partial charge on any atom is -0.396 e. The van der Waals surface area contributed by atoms with Gasteiger partial charge in [0.25, 0.3) is 0 Å². The van der Waals surface area contributed by atoms with Gasteiger partial charge in [-0.25, -0.2) is 4.98 Å². The van der Waals surface area contributed by atoms with E-state index in [0.717, 1.165) is 6.42 Å². The molecule has 2 aromatic rings. The number of nitrogens with two attached hydrogens (primary N) is 1. The van der Waals surface area contributed by atoms with Crippen molar-refractivity contribution in [3.05, 3.63) is 18.5 Å². The molecule has 0 amide bonds. The number of nitrogen functional groups attached to an aromatic ring is 1. The maximum Gasteiger partial charge on any atom is 0.224 e. The third kappa shape index (κ3) is 2.62. The average molecular weight is 327 g/mol. The molecular weight excluding hydrogens is 304 g/mol. The van der Waals surface area contributed by atoms with Gasteiger partial charge >= 0.3 is 0 Å². The third-order valence-electron chi connectivity index (χ3n) is 3.75. The van der Waals surface area contributed by atoms with Crippen LogP contribution in [-0.2, 0) is 0 Å². The molecule has 0 bridgehead atoms. The zero-order valence-corrected chi connectivity index (χ0v) is 12.4. The summed E-state index contributed by atoms with van der Waals surface area (Å²) < 4.78 is 32.6. The second-order valence-corrected chi connectivity index (χ2v) is 5.25. The zero-order valence-electron chi connectivity index (χ0n) is 15.6. The van der Waals surface area contributed by atoms with Crippen LogP contribution in [0.4, 0.5) is 11.8 Å². The highest BCUT2D eigenvalue weighted by molar-refractivity contribution is 5.85. The summed E-state index contributed by atoms with van der Waals surface area (Å²) in [7, 11) is 0. The van der Waals surface area contributed by atoms with Gasteiger partial charge in [-0.05, 0) is 19.2 Å². The zero-order chi connectivity index (χ0) is 18.0. The summed E-state index contributed by atoms with van der Waals surface area (Å²) in [5, 5.41) is 12.1. The van der Waals surface area contributed by atoms with Crippen molar-refractivity contribution in [3.63, 3.8) is 0 Å². The Morgan fingerprint density at radius 1 is 1.41 bits per heavy atom. The van der Waals surface area contributed by atoms with Gasteiger partial charge in [-0.1, -0.05) is 12.2 Å². The van der Waals surface area contributed by atoms with Crippen LogP contribution in [0.5, 0.6) is 0 Å². The highest BCUT2D eigenvalue weighted by atomic mass is 35.5. The van der Waals surface area contributed by atoms with E-state index < -0.39 is 18.8 Å². The monoisotopic (exact) mass is 326 g/mol. The molecule has 118 valence electrons. The van der Waals surface area contributed by atoms with Gasteiger partial charge in [-0.3, -0.25) is 0 Å². The highest BCUT2D eigenvalue weighted by Crippen LogP contribution is 2.32. The Morgan fingerprint density at radius 2 is 2.23 bits per heavy atom. The van der Waals surface area contributed by atoms with Gasteiger partial charge in [0.1, 0.15) is 0 Å². The highest BCUT2D eigenvalue weighted by Gasteiger charge is 2.26. The van der Waals surface area contributed by atoms with E-state index in [1.54, 1.807) is 6.33 Å². The van der Waals surface area contributed by atoms with Crippen LogP contribution in [0.3, 0.4) is 0 Å². The lowest BCUT2D eigenvalue weighted by Gasteiger charge is -2.13. The Labute approximate surface area is 139 Å². The van der Waals surface area contributed by atoms with Gasteiger partial charge in [0.05, 0.1) is 12.4 Å². The summed E-state index contributed by atoms with van der Waals surface area (Å²) in [6, 6.07) is -1.03. The van der Waals surface area contributed by atoms with Crippen LogP contribution in [0, 0.1) is 5.92 Å². The van der Waals surface area contributed by atoms with Crippen LogP contribution in [0.25, 0.3) is 11.2 Å². The fraction of sp³-hybridized carbons (Fsp3) is 0.500. The van der Waals surface area contributed by atoms with E-state index in [1.165, 1.54) is 0 Å². The van der Waals surface area contributed by atoms with E-state index >= 15 is 0 Å². The predicted octanol–water partition coefficient (Wildman–Crippen LogP) is 1.51. The van der Waals surface area contributed by atoms with Crippen LogP contribution in [0.1, 0.15) is 30.7 Å². The van der Waals surface area contributed by atoms with Crippen molar-refractivity contribution in [2.24, 2.45) is 5.92 Å². The van der Waals surface area contributed by atoms with Gasteiger partial charge in [-0.15, -0.1) is 12.4 Å². The maximum absolute atomic E-state index is 9.28. The first-order valence-electron chi connectivity index (χ1n) is 8.81. The van der Waals surface area contributed by atoms with Crippen molar-refractivity contribution in [2.45, 2.75) is 31.3 Å². The summed E-state index contributed by atoms with van der Waals surface area (Å²) in [4.78, 5) is 12.6. The third-order valence-corrected chi connectivity index (χ3v) is 3.75. The van der Waals surface area contributed by atoms with Crippen molar-refractivity contribution >= 4 is 35.3 Å². The molecule has 2 aliphatic carbocycles. The second kappa shape index (κ2) is 5.73. The first-order valence-corrected chi connectivity index (χ1v) is 6.81. The number of fused-ring (bicyclic) bond motifs is 1. The molecule has 7 nitrogen and oxygen atoms in total. The molecule has 2 aliphatic rings. The lowest BCUT2D eigenvalue weighted by molar-refractivity contribution is 0.244. The molecule has 0 aliphatic heterocycles. The van der Waals surface area contributed by atoms with Gasteiger partial charge < -0.3 is 20.7 Å². The van der Waals surface area contributed by atoms with E-state index in [4.69, 9.17) is 11.2 Å². The topological polar surface area (TPSA) is 102 Å². The van der Waals surface area contributed by atoms with E-state index in [9.17, 15) is 5.11 Å². The van der Waals surface area contributed by atoms with Gasteiger partial charge in [0.15, 0.2) is 17.0 Å². The number of anilines is 2. The van der Waals surface area contributed by atoms with Gasteiger partial charge in [0.2, 0.25) is 5.95 Å². The Morgan fingerprint density at radius 3 is 2.91 bits per heavy atom. The number of aromatic nitrogens is 4. The smallest absolute Gasteiger partial charge is 0.224 e. The second-order valence-electron chi connectivity index (χ2n) is 5.25. The number of rotatable bonds is 4. The summed E-state index contributed by atoms with van der Waals surface area (Å²) in [5.41, 5.74) is 6.69. The SMILES string of the molecule is Cl.[2H]C1([2H])C(Nc2nc(N)nc3c2ncn3[C@H]2C=C[C@H](CO)C2)C1([2H])[2H]. The standard InChI is InChI=1S/C14H18N6O.ClH/c15-14-18-12(17-9-2-3-9)11-13(19-14)20(7-16-11)10-4-1-8(5-10)6-21;/h1,4,7-10,21H,2-3,5-6H2,(H3,15,17,18,19);1H/t8-,10-;/m0./s1/i2D2,3D2;. The van der Waals surface area contributed by atoms with E-state index in [-0.39, 0.29) is 42.7 Å². The lowest BCUT2D eigenvalue weighted by Crippen LogP contribution is -2.10. The lowest BCUT2D eigenvalue weighted by atomic mass is 10.1. The molecule has 0 saturated heterocycles. The first kappa shape index (κ1) is 10.8. The Kier molecular flexibility index (Phi) is 2.81. The number of imidazole rings is 1. The summed E-state index contributed by atoms with van der Waals surface area (Å²) in [6.07, 6.45) is 2.30. The summed E-state index contributed by atoms with van der Waals surface area (Å²) >= 11 is 0. The van der Waals surface area contributed by atoms with Gasteiger partial charge in [-0.2, -0.15) is 9.97 Å². The van der Waals surface area contributed by atoms with Gasteiger partial charge in [0, 0.05) is 24.0 Å². The molecule has 0 aromatic carbocycles. The molecule has 2 heterocycles. The summed E-state index contributed by atoms with van der Waals surface area (Å²) in [6.45, 7) is 0.0788. The van der Waals surface area contributed by atoms with Crippen molar-refractivity contribution in [2.75, 3.05) is 17.7 Å². The van der Waals surface area contributed by atoms with Crippen LogP contribution in [0.15, 0.2) is 18.5 Å². The van der Waals surface area contributed by atoms with E-state index in [2.05, 4.69) is 20.3 Å².